The Hall–Kier alpha value is -0.830. The van der Waals surface area contributed by atoms with E-state index >= 15 is 0 Å². The number of carbonyl (C=O) groups is 1. The monoisotopic (exact) mass is 328 g/mol. The van der Waals surface area contributed by atoms with Crippen molar-refractivity contribution in [1.29, 1.82) is 0 Å². The van der Waals surface area contributed by atoms with Gasteiger partial charge in [-0.1, -0.05) is 0 Å². The molecular weight excluding hydrogens is 321 g/mol. The molecule has 82 valence electrons. The number of hydrogen-bond acceptors (Lipinski definition) is 3. The van der Waals surface area contributed by atoms with Gasteiger partial charge < -0.3 is 10.8 Å². The molecule has 0 unspecified atom stereocenters. The third-order valence-electron chi connectivity index (χ3n) is 1.79. The Kier molecular flexibility index (Phi) is 3.91. The number of pyridine rings is 1. The van der Waals surface area contributed by atoms with Crippen molar-refractivity contribution in [3.63, 3.8) is 0 Å². The van der Waals surface area contributed by atoms with E-state index in [1.165, 1.54) is 0 Å². The molecule has 0 atom stereocenters. The Balaban J connectivity index is 3.47. The van der Waals surface area contributed by atoms with Crippen molar-refractivity contribution < 1.29 is 18.7 Å². The summed E-state index contributed by atoms with van der Waals surface area (Å²) in [5, 5.41) is 8.85. The maximum absolute atomic E-state index is 12.5. The predicted molar refractivity (Wildman–Crippen MR) is 56.8 cm³/mol. The van der Waals surface area contributed by atoms with Gasteiger partial charge in [0, 0.05) is 21.9 Å². The second-order valence-electron chi connectivity index (χ2n) is 2.65. The number of hydrogen-bond donors (Lipinski definition) is 2. The minimum Gasteiger partial charge on any atom is -0.478 e. The van der Waals surface area contributed by atoms with E-state index in [2.05, 4.69) is 4.98 Å². The number of carboxylic acids is 1. The fourth-order valence-electron chi connectivity index (χ4n) is 1.17. The summed E-state index contributed by atoms with van der Waals surface area (Å²) in [7, 11) is 0. The summed E-state index contributed by atoms with van der Waals surface area (Å²) in [4.78, 5) is 14.3. The van der Waals surface area contributed by atoms with Gasteiger partial charge in [0.05, 0.1) is 5.56 Å². The summed E-state index contributed by atoms with van der Waals surface area (Å²) in [5.41, 5.74) is 4.40. The Labute approximate surface area is 97.6 Å². The van der Waals surface area contributed by atoms with Gasteiger partial charge in [-0.2, -0.15) is 0 Å². The van der Waals surface area contributed by atoms with E-state index in [1.54, 1.807) is 22.6 Å². The molecule has 0 amide bonds. The fourth-order valence-corrected chi connectivity index (χ4v) is 1.86. The van der Waals surface area contributed by atoms with Crippen molar-refractivity contribution in [3.8, 4) is 0 Å². The van der Waals surface area contributed by atoms with Gasteiger partial charge in [0.25, 0.3) is 6.43 Å². The number of halogens is 3. The van der Waals surface area contributed by atoms with Crippen LogP contribution in [0.2, 0.25) is 0 Å². The standard InChI is InChI=1S/C8H7F2IN2O2/c9-7(10)6-3(1-12)5(8(14)15)4(11)2-13-6/h2,7H,1,12H2,(H,14,15). The third-order valence-corrected chi connectivity index (χ3v) is 2.61. The summed E-state index contributed by atoms with van der Waals surface area (Å²) in [6, 6.07) is 0. The summed E-state index contributed by atoms with van der Waals surface area (Å²) in [6.45, 7) is -0.273. The molecule has 0 bridgehead atoms. The highest BCUT2D eigenvalue weighted by atomic mass is 127. The molecule has 0 aliphatic heterocycles. The summed E-state index contributed by atoms with van der Waals surface area (Å²) < 4.78 is 25.2. The van der Waals surface area contributed by atoms with Crippen LogP contribution in [0.25, 0.3) is 0 Å². The zero-order chi connectivity index (χ0) is 11.6. The largest absolute Gasteiger partial charge is 0.478 e. The van der Waals surface area contributed by atoms with Gasteiger partial charge in [0.15, 0.2) is 0 Å². The van der Waals surface area contributed by atoms with E-state index in [4.69, 9.17) is 10.8 Å². The first-order valence-corrected chi connectivity index (χ1v) is 4.95. The zero-order valence-electron chi connectivity index (χ0n) is 7.38. The maximum Gasteiger partial charge on any atom is 0.337 e. The second-order valence-corrected chi connectivity index (χ2v) is 3.82. The summed E-state index contributed by atoms with van der Waals surface area (Å²) in [5.74, 6) is -1.27. The molecule has 0 aliphatic carbocycles. The molecule has 0 spiro atoms. The second kappa shape index (κ2) is 4.79. The average molecular weight is 328 g/mol. The van der Waals surface area contributed by atoms with Gasteiger partial charge in [-0.15, -0.1) is 0 Å². The first-order chi connectivity index (χ1) is 6.99. The van der Waals surface area contributed by atoms with Gasteiger partial charge in [-0.05, 0) is 22.6 Å². The van der Waals surface area contributed by atoms with E-state index in [1.807, 2.05) is 0 Å². The molecule has 15 heavy (non-hydrogen) atoms. The van der Waals surface area contributed by atoms with Gasteiger partial charge in [0.2, 0.25) is 0 Å². The molecular formula is C8H7F2IN2O2. The fraction of sp³-hybridized carbons (Fsp3) is 0.250. The molecule has 0 fully saturated rings. The van der Waals surface area contributed by atoms with E-state index in [-0.39, 0.29) is 17.7 Å². The van der Waals surface area contributed by atoms with E-state index in [9.17, 15) is 13.6 Å². The number of aromatic nitrogens is 1. The smallest absolute Gasteiger partial charge is 0.337 e. The van der Waals surface area contributed by atoms with Crippen LogP contribution in [0.4, 0.5) is 8.78 Å². The van der Waals surface area contributed by atoms with Crippen molar-refractivity contribution in [2.24, 2.45) is 5.73 Å². The molecule has 3 N–H and O–H groups in total. The van der Waals surface area contributed by atoms with E-state index in [0.29, 0.717) is 3.57 Å². The van der Waals surface area contributed by atoms with Gasteiger partial charge in [-0.3, -0.25) is 4.98 Å². The number of alkyl halides is 2. The molecule has 7 heteroatoms. The van der Waals surface area contributed by atoms with Crippen LogP contribution in [-0.2, 0) is 6.54 Å². The Morgan fingerprint density at radius 2 is 2.27 bits per heavy atom. The Morgan fingerprint density at radius 1 is 1.67 bits per heavy atom. The molecule has 1 heterocycles. The van der Waals surface area contributed by atoms with Gasteiger partial charge >= 0.3 is 5.97 Å². The zero-order valence-corrected chi connectivity index (χ0v) is 9.53. The van der Waals surface area contributed by atoms with Crippen LogP contribution >= 0.6 is 22.6 Å². The Morgan fingerprint density at radius 3 is 2.67 bits per heavy atom. The minimum atomic E-state index is -2.82. The molecule has 0 aromatic carbocycles. The highest BCUT2D eigenvalue weighted by molar-refractivity contribution is 14.1. The number of nitrogens with zero attached hydrogens (tertiary/aromatic N) is 1. The highest BCUT2D eigenvalue weighted by Gasteiger charge is 2.22. The lowest BCUT2D eigenvalue weighted by Crippen LogP contribution is -2.14. The number of nitrogens with two attached hydrogens (primary N) is 1. The van der Waals surface area contributed by atoms with Gasteiger partial charge in [-0.25, -0.2) is 13.6 Å². The number of aromatic carboxylic acids is 1. The molecule has 0 saturated heterocycles. The molecule has 0 aliphatic rings. The summed E-state index contributed by atoms with van der Waals surface area (Å²) in [6.07, 6.45) is -1.72. The van der Waals surface area contributed by atoms with Crippen LogP contribution in [0, 0.1) is 3.57 Å². The van der Waals surface area contributed by atoms with Crippen molar-refractivity contribution in [3.05, 3.63) is 26.6 Å². The van der Waals surface area contributed by atoms with Crippen LogP contribution in [0.15, 0.2) is 6.20 Å². The van der Waals surface area contributed by atoms with Crippen molar-refractivity contribution in [2.75, 3.05) is 0 Å². The average Bonchev–Trinajstić information content (AvgIpc) is 2.15. The quantitative estimate of drug-likeness (QED) is 0.830. The molecule has 0 radical (unpaired) electrons. The van der Waals surface area contributed by atoms with Gasteiger partial charge in [0.1, 0.15) is 5.69 Å². The van der Waals surface area contributed by atoms with Crippen molar-refractivity contribution >= 4 is 28.6 Å². The Bertz CT molecular complexity index is 398. The lowest BCUT2D eigenvalue weighted by atomic mass is 10.1. The minimum absolute atomic E-state index is 0.107. The SMILES string of the molecule is NCc1c(C(F)F)ncc(I)c1C(=O)O. The van der Waals surface area contributed by atoms with Crippen LogP contribution in [0.3, 0.4) is 0 Å². The van der Waals surface area contributed by atoms with E-state index < -0.39 is 18.1 Å². The van der Waals surface area contributed by atoms with E-state index in [0.717, 1.165) is 6.20 Å². The first-order valence-electron chi connectivity index (χ1n) is 3.87. The normalized spacial score (nSPS) is 10.7. The maximum atomic E-state index is 12.5. The van der Waals surface area contributed by atoms with Crippen LogP contribution in [0.5, 0.6) is 0 Å². The van der Waals surface area contributed by atoms with Crippen LogP contribution in [0.1, 0.15) is 28.0 Å². The topological polar surface area (TPSA) is 76.2 Å². The number of carboxylic acid groups (broad SMARTS) is 1. The predicted octanol–water partition coefficient (Wildman–Crippen LogP) is 1.78. The summed E-state index contributed by atoms with van der Waals surface area (Å²) >= 11 is 1.72. The first kappa shape index (κ1) is 12.2. The molecule has 4 nitrogen and oxygen atoms in total. The molecule has 1 aromatic heterocycles. The van der Waals surface area contributed by atoms with Crippen molar-refractivity contribution in [1.82, 2.24) is 4.98 Å². The van der Waals surface area contributed by atoms with Crippen molar-refractivity contribution in [2.45, 2.75) is 13.0 Å². The highest BCUT2D eigenvalue weighted by Crippen LogP contribution is 2.26. The lowest BCUT2D eigenvalue weighted by molar-refractivity contribution is 0.0693. The van der Waals surface area contributed by atoms with Crippen LogP contribution in [-0.4, -0.2) is 16.1 Å². The molecule has 1 rings (SSSR count). The lowest BCUT2D eigenvalue weighted by Gasteiger charge is -2.10. The third kappa shape index (κ3) is 2.40. The molecule has 1 aromatic rings. The number of rotatable bonds is 3. The molecule has 0 saturated carbocycles. The van der Waals surface area contributed by atoms with Crippen LogP contribution < -0.4 is 5.73 Å².